The van der Waals surface area contributed by atoms with Crippen molar-refractivity contribution in [2.75, 3.05) is 31.6 Å². The Morgan fingerprint density at radius 3 is 2.71 bits per heavy atom. The lowest BCUT2D eigenvalue weighted by Crippen LogP contribution is -2.45. The number of halogens is 1. The van der Waals surface area contributed by atoms with Crippen LogP contribution in [0.1, 0.15) is 26.7 Å². The van der Waals surface area contributed by atoms with Gasteiger partial charge >= 0.3 is 0 Å². The molecule has 24 heavy (non-hydrogen) atoms. The van der Waals surface area contributed by atoms with Crippen LogP contribution < -0.4 is 16.0 Å². The van der Waals surface area contributed by atoms with Gasteiger partial charge in [0, 0.05) is 25.4 Å². The summed E-state index contributed by atoms with van der Waals surface area (Å²) in [5.74, 6) is -0.0297. The van der Waals surface area contributed by atoms with Crippen LogP contribution in [0, 0.1) is 5.82 Å². The second-order valence-corrected chi connectivity index (χ2v) is 6.01. The highest BCUT2D eigenvalue weighted by atomic mass is 19.1. The molecule has 0 aliphatic carbocycles. The molecule has 7 heteroatoms. The fourth-order valence-corrected chi connectivity index (χ4v) is 2.47. The van der Waals surface area contributed by atoms with E-state index in [1.165, 1.54) is 24.3 Å². The number of carbonyl (C=O) groups is 1. The molecule has 1 saturated heterocycles. The van der Waals surface area contributed by atoms with Crippen LogP contribution in [0.4, 0.5) is 10.1 Å². The Morgan fingerprint density at radius 1 is 1.33 bits per heavy atom. The summed E-state index contributed by atoms with van der Waals surface area (Å²) in [6.45, 7) is 6.12. The number of hydrogen-bond donors (Lipinski definition) is 3. The Morgan fingerprint density at radius 2 is 2.08 bits per heavy atom. The van der Waals surface area contributed by atoms with Crippen LogP contribution in [0.5, 0.6) is 0 Å². The van der Waals surface area contributed by atoms with Crippen molar-refractivity contribution in [3.05, 3.63) is 30.1 Å². The summed E-state index contributed by atoms with van der Waals surface area (Å²) in [4.78, 5) is 16.2. The van der Waals surface area contributed by atoms with E-state index < -0.39 is 0 Å². The van der Waals surface area contributed by atoms with E-state index in [0.717, 1.165) is 19.4 Å². The number of benzene rings is 1. The fourth-order valence-electron chi connectivity index (χ4n) is 2.47. The number of carbonyl (C=O) groups excluding carboxylic acids is 1. The minimum Gasteiger partial charge on any atom is -0.373 e. The molecule has 0 radical (unpaired) electrons. The Bertz CT molecular complexity index is 568. The maximum Gasteiger partial charge on any atom is 0.246 e. The molecule has 1 unspecified atom stereocenters. The third-order valence-corrected chi connectivity index (χ3v) is 3.78. The molecule has 1 heterocycles. The lowest BCUT2D eigenvalue weighted by atomic mass is 10.0. The van der Waals surface area contributed by atoms with E-state index in [0.29, 0.717) is 24.7 Å². The van der Waals surface area contributed by atoms with Gasteiger partial charge in [-0.25, -0.2) is 9.38 Å². The van der Waals surface area contributed by atoms with Gasteiger partial charge in [0.15, 0.2) is 5.96 Å². The number of rotatable bonds is 6. The van der Waals surface area contributed by atoms with Crippen molar-refractivity contribution in [1.82, 2.24) is 10.6 Å². The average molecular weight is 336 g/mol. The van der Waals surface area contributed by atoms with Gasteiger partial charge in [-0.15, -0.1) is 0 Å². The highest BCUT2D eigenvalue weighted by Crippen LogP contribution is 2.23. The van der Waals surface area contributed by atoms with Crippen LogP contribution in [-0.2, 0) is 9.53 Å². The van der Waals surface area contributed by atoms with Crippen LogP contribution in [-0.4, -0.2) is 43.7 Å². The second kappa shape index (κ2) is 8.63. The molecule has 0 bridgehead atoms. The van der Waals surface area contributed by atoms with E-state index in [1.807, 2.05) is 6.92 Å². The highest BCUT2D eigenvalue weighted by Gasteiger charge is 2.29. The third kappa shape index (κ3) is 5.81. The molecule has 1 aliphatic rings. The Hall–Kier alpha value is -2.15. The quantitative estimate of drug-likeness (QED) is 0.548. The average Bonchev–Trinajstić information content (AvgIpc) is 2.99. The molecule has 1 aliphatic heterocycles. The maximum atomic E-state index is 12.8. The summed E-state index contributed by atoms with van der Waals surface area (Å²) >= 11 is 0. The molecule has 132 valence electrons. The molecular formula is C17H25FN4O2. The van der Waals surface area contributed by atoms with Gasteiger partial charge in [0.1, 0.15) is 12.4 Å². The predicted molar refractivity (Wildman–Crippen MR) is 92.6 cm³/mol. The van der Waals surface area contributed by atoms with Crippen LogP contribution in [0.2, 0.25) is 0 Å². The van der Waals surface area contributed by atoms with Crippen LogP contribution in [0.3, 0.4) is 0 Å². The van der Waals surface area contributed by atoms with Gasteiger partial charge in [0.05, 0.1) is 5.60 Å². The molecule has 1 fully saturated rings. The van der Waals surface area contributed by atoms with Gasteiger partial charge < -0.3 is 20.7 Å². The summed E-state index contributed by atoms with van der Waals surface area (Å²) < 4.78 is 18.6. The minimum atomic E-state index is -0.340. The molecule has 2 rings (SSSR count). The van der Waals surface area contributed by atoms with Crippen molar-refractivity contribution in [2.45, 2.75) is 32.3 Å². The second-order valence-electron chi connectivity index (χ2n) is 6.01. The summed E-state index contributed by atoms with van der Waals surface area (Å²) in [7, 11) is 0. The third-order valence-electron chi connectivity index (χ3n) is 3.78. The molecule has 3 N–H and O–H groups in total. The van der Waals surface area contributed by atoms with Gasteiger partial charge in [-0.1, -0.05) is 0 Å². The normalized spacial score (nSPS) is 20.7. The lowest BCUT2D eigenvalue weighted by molar-refractivity contribution is -0.114. The predicted octanol–water partition coefficient (Wildman–Crippen LogP) is 1.89. The van der Waals surface area contributed by atoms with Gasteiger partial charge in [-0.05, 0) is 51.0 Å². The van der Waals surface area contributed by atoms with Gasteiger partial charge in [0.2, 0.25) is 5.91 Å². The molecular weight excluding hydrogens is 311 g/mol. The highest BCUT2D eigenvalue weighted by molar-refractivity contribution is 5.94. The number of aliphatic imine (C=N–C) groups is 1. The SMILES string of the molecule is CCNC(=NCC(=O)Nc1ccc(F)cc1)NCC1(C)CCCO1. The Balaban J connectivity index is 1.84. The smallest absolute Gasteiger partial charge is 0.246 e. The number of nitrogens with one attached hydrogen (secondary N) is 3. The van der Waals surface area contributed by atoms with E-state index in [2.05, 4.69) is 27.9 Å². The van der Waals surface area contributed by atoms with Gasteiger partial charge in [-0.3, -0.25) is 4.79 Å². The molecule has 0 aromatic heterocycles. The standard InChI is InChI=1S/C17H25FN4O2/c1-3-19-16(21-12-17(2)9-4-10-24-17)20-11-15(23)22-14-7-5-13(18)6-8-14/h5-8H,3-4,9-12H2,1-2H3,(H,22,23)(H2,19,20,21). The van der Waals surface area contributed by atoms with Crippen LogP contribution >= 0.6 is 0 Å². The van der Waals surface area contributed by atoms with E-state index in [9.17, 15) is 9.18 Å². The fraction of sp³-hybridized carbons (Fsp3) is 0.529. The largest absolute Gasteiger partial charge is 0.373 e. The monoisotopic (exact) mass is 336 g/mol. The summed E-state index contributed by atoms with van der Waals surface area (Å²) in [6, 6.07) is 5.62. The first kappa shape index (κ1) is 18.2. The van der Waals surface area contributed by atoms with Crippen molar-refractivity contribution >= 4 is 17.6 Å². The summed E-state index contributed by atoms with van der Waals surface area (Å²) in [5, 5.41) is 9.00. The van der Waals surface area contributed by atoms with E-state index in [-0.39, 0.29) is 23.9 Å². The number of guanidine groups is 1. The van der Waals surface area contributed by atoms with Gasteiger partial charge in [-0.2, -0.15) is 0 Å². The molecule has 0 spiro atoms. The Labute approximate surface area is 141 Å². The zero-order valence-electron chi connectivity index (χ0n) is 14.2. The van der Waals surface area contributed by atoms with Crippen molar-refractivity contribution in [2.24, 2.45) is 4.99 Å². The molecule has 6 nitrogen and oxygen atoms in total. The van der Waals surface area contributed by atoms with Crippen molar-refractivity contribution in [1.29, 1.82) is 0 Å². The zero-order chi connectivity index (χ0) is 17.4. The molecule has 1 aromatic rings. The topological polar surface area (TPSA) is 74.8 Å². The van der Waals surface area contributed by atoms with Gasteiger partial charge in [0.25, 0.3) is 0 Å². The zero-order valence-corrected chi connectivity index (χ0v) is 14.2. The van der Waals surface area contributed by atoms with Crippen molar-refractivity contribution in [3.63, 3.8) is 0 Å². The van der Waals surface area contributed by atoms with Crippen LogP contribution in [0.15, 0.2) is 29.3 Å². The number of nitrogens with zero attached hydrogens (tertiary/aromatic N) is 1. The molecule has 1 atom stereocenters. The van der Waals surface area contributed by atoms with Crippen molar-refractivity contribution in [3.8, 4) is 0 Å². The van der Waals surface area contributed by atoms with Crippen molar-refractivity contribution < 1.29 is 13.9 Å². The van der Waals surface area contributed by atoms with Crippen LogP contribution in [0.25, 0.3) is 0 Å². The number of amides is 1. The lowest BCUT2D eigenvalue weighted by Gasteiger charge is -2.24. The Kier molecular flexibility index (Phi) is 6.54. The summed E-state index contributed by atoms with van der Waals surface area (Å²) in [5.41, 5.74) is 0.355. The number of anilines is 1. The summed E-state index contributed by atoms with van der Waals surface area (Å²) in [6.07, 6.45) is 2.07. The maximum absolute atomic E-state index is 12.8. The first-order chi connectivity index (χ1) is 11.5. The minimum absolute atomic E-state index is 0.0235. The first-order valence-corrected chi connectivity index (χ1v) is 8.22. The molecule has 0 saturated carbocycles. The number of hydrogen-bond acceptors (Lipinski definition) is 3. The van der Waals surface area contributed by atoms with E-state index >= 15 is 0 Å². The first-order valence-electron chi connectivity index (χ1n) is 8.22. The molecule has 1 amide bonds. The molecule has 1 aromatic carbocycles. The van der Waals surface area contributed by atoms with E-state index in [1.54, 1.807) is 0 Å². The van der Waals surface area contributed by atoms with E-state index in [4.69, 9.17) is 4.74 Å². The number of ether oxygens (including phenoxy) is 1.